The molecule has 4 heteroatoms. The van der Waals surface area contributed by atoms with Gasteiger partial charge in [-0.3, -0.25) is 0 Å². The first-order chi connectivity index (χ1) is 8.00. The minimum Gasteiger partial charge on any atom is -0.397 e. The fourth-order valence-corrected chi connectivity index (χ4v) is 1.91. The molecule has 0 aliphatic carbocycles. The zero-order valence-electron chi connectivity index (χ0n) is 9.10. The third-order valence-electron chi connectivity index (χ3n) is 2.65. The monoisotopic (exact) mass is 253 g/mol. The molecule has 0 saturated heterocycles. The second-order valence-electron chi connectivity index (χ2n) is 3.76. The molecule has 88 valence electrons. The summed E-state index contributed by atoms with van der Waals surface area (Å²) in [5.74, 6) is -0.856. The molecule has 0 bridgehead atoms. The number of nitrogen functional groups attached to an aromatic ring is 1. The lowest BCUT2D eigenvalue weighted by molar-refractivity contribution is 0.618. The van der Waals surface area contributed by atoms with Gasteiger partial charge in [0.25, 0.3) is 0 Å². The van der Waals surface area contributed by atoms with Crippen LogP contribution in [0.15, 0.2) is 30.3 Å². The Kier molecular flexibility index (Phi) is 3.03. The highest BCUT2D eigenvalue weighted by molar-refractivity contribution is 6.33. The molecule has 2 N–H and O–H groups in total. The SMILES string of the molecule is Cc1c(F)cccc1-c1cc(F)cc(Cl)c1N. The van der Waals surface area contributed by atoms with Gasteiger partial charge in [-0.25, -0.2) is 8.78 Å². The van der Waals surface area contributed by atoms with Gasteiger partial charge in [-0.05, 0) is 36.2 Å². The quantitative estimate of drug-likeness (QED) is 0.758. The first kappa shape index (κ1) is 11.9. The molecular weight excluding hydrogens is 244 g/mol. The van der Waals surface area contributed by atoms with Crippen molar-refractivity contribution in [1.29, 1.82) is 0 Å². The van der Waals surface area contributed by atoms with Crippen molar-refractivity contribution in [3.63, 3.8) is 0 Å². The fourth-order valence-electron chi connectivity index (χ4n) is 1.71. The molecule has 0 fully saturated rings. The van der Waals surface area contributed by atoms with Gasteiger partial charge in [0.15, 0.2) is 0 Å². The van der Waals surface area contributed by atoms with Crippen molar-refractivity contribution in [3.8, 4) is 11.1 Å². The van der Waals surface area contributed by atoms with E-state index in [-0.39, 0.29) is 16.5 Å². The minimum atomic E-state index is -0.497. The predicted octanol–water partition coefficient (Wildman–Crippen LogP) is 4.18. The van der Waals surface area contributed by atoms with E-state index in [9.17, 15) is 8.78 Å². The van der Waals surface area contributed by atoms with Gasteiger partial charge in [-0.2, -0.15) is 0 Å². The van der Waals surface area contributed by atoms with Crippen molar-refractivity contribution in [1.82, 2.24) is 0 Å². The fraction of sp³-hybridized carbons (Fsp3) is 0.0769. The van der Waals surface area contributed by atoms with Crippen LogP contribution in [0.25, 0.3) is 11.1 Å². The molecule has 2 aromatic carbocycles. The summed E-state index contributed by atoms with van der Waals surface area (Å²) in [7, 11) is 0. The van der Waals surface area contributed by atoms with Crippen LogP contribution in [0.1, 0.15) is 5.56 Å². The third kappa shape index (κ3) is 2.11. The Bertz CT molecular complexity index is 582. The molecule has 0 aromatic heterocycles. The summed E-state index contributed by atoms with van der Waals surface area (Å²) >= 11 is 5.80. The molecule has 0 heterocycles. The van der Waals surface area contributed by atoms with E-state index in [2.05, 4.69) is 0 Å². The van der Waals surface area contributed by atoms with Crippen molar-refractivity contribution < 1.29 is 8.78 Å². The molecule has 0 saturated carbocycles. The molecular formula is C13H10ClF2N. The van der Waals surface area contributed by atoms with Gasteiger partial charge in [-0.15, -0.1) is 0 Å². The van der Waals surface area contributed by atoms with Crippen LogP contribution < -0.4 is 5.73 Å². The second-order valence-corrected chi connectivity index (χ2v) is 4.17. The van der Waals surface area contributed by atoms with Crippen molar-refractivity contribution in [3.05, 3.63) is 52.6 Å². The molecule has 0 radical (unpaired) electrons. The summed E-state index contributed by atoms with van der Waals surface area (Å²) in [5.41, 5.74) is 7.41. The molecule has 0 atom stereocenters. The Labute approximate surface area is 103 Å². The number of hydrogen-bond acceptors (Lipinski definition) is 1. The summed E-state index contributed by atoms with van der Waals surface area (Å²) in [6.45, 7) is 1.61. The standard InChI is InChI=1S/C13H10ClF2N/c1-7-9(3-2-4-12(7)16)10-5-8(15)6-11(14)13(10)17/h2-6H,17H2,1H3. The molecule has 1 nitrogen and oxygen atoms in total. The van der Waals surface area contributed by atoms with Gasteiger partial charge >= 0.3 is 0 Å². The number of nitrogens with two attached hydrogens (primary N) is 1. The number of anilines is 1. The Morgan fingerprint density at radius 2 is 1.82 bits per heavy atom. The molecule has 0 aliphatic heterocycles. The first-order valence-electron chi connectivity index (χ1n) is 5.00. The number of rotatable bonds is 1. The molecule has 0 spiro atoms. The lowest BCUT2D eigenvalue weighted by atomic mass is 9.98. The zero-order valence-corrected chi connectivity index (χ0v) is 9.85. The minimum absolute atomic E-state index is 0.128. The van der Waals surface area contributed by atoms with E-state index in [1.807, 2.05) is 0 Å². The topological polar surface area (TPSA) is 26.0 Å². The van der Waals surface area contributed by atoms with E-state index in [0.717, 1.165) is 6.07 Å². The Hall–Kier alpha value is -1.61. The zero-order chi connectivity index (χ0) is 12.6. The van der Waals surface area contributed by atoms with E-state index in [1.54, 1.807) is 19.1 Å². The van der Waals surface area contributed by atoms with Gasteiger partial charge in [-0.1, -0.05) is 23.7 Å². The smallest absolute Gasteiger partial charge is 0.126 e. The van der Waals surface area contributed by atoms with Crippen molar-refractivity contribution in [2.45, 2.75) is 6.92 Å². The maximum absolute atomic E-state index is 13.4. The highest BCUT2D eigenvalue weighted by atomic mass is 35.5. The van der Waals surface area contributed by atoms with E-state index < -0.39 is 5.82 Å². The van der Waals surface area contributed by atoms with E-state index in [0.29, 0.717) is 16.7 Å². The van der Waals surface area contributed by atoms with Gasteiger partial charge < -0.3 is 5.73 Å². The van der Waals surface area contributed by atoms with Crippen molar-refractivity contribution in [2.75, 3.05) is 5.73 Å². The normalized spacial score (nSPS) is 10.6. The Morgan fingerprint density at radius 1 is 1.12 bits per heavy atom. The number of halogens is 3. The van der Waals surface area contributed by atoms with Crippen LogP contribution >= 0.6 is 11.6 Å². The highest BCUT2D eigenvalue weighted by Crippen LogP contribution is 2.34. The van der Waals surface area contributed by atoms with Gasteiger partial charge in [0.05, 0.1) is 10.7 Å². The largest absolute Gasteiger partial charge is 0.397 e. The van der Waals surface area contributed by atoms with Gasteiger partial charge in [0.2, 0.25) is 0 Å². The summed E-state index contributed by atoms with van der Waals surface area (Å²) in [4.78, 5) is 0. The molecule has 0 amide bonds. The molecule has 2 rings (SSSR count). The average Bonchev–Trinajstić information content (AvgIpc) is 2.27. The van der Waals surface area contributed by atoms with Crippen LogP contribution in [0.3, 0.4) is 0 Å². The van der Waals surface area contributed by atoms with Crippen LogP contribution in [0.5, 0.6) is 0 Å². The number of benzene rings is 2. The molecule has 2 aromatic rings. The van der Waals surface area contributed by atoms with Gasteiger partial charge in [0.1, 0.15) is 11.6 Å². The summed E-state index contributed by atoms with van der Waals surface area (Å²) in [6, 6.07) is 6.96. The van der Waals surface area contributed by atoms with Crippen LogP contribution in [0.2, 0.25) is 5.02 Å². The first-order valence-corrected chi connectivity index (χ1v) is 5.38. The summed E-state index contributed by atoms with van der Waals surface area (Å²) in [6.07, 6.45) is 0. The van der Waals surface area contributed by atoms with E-state index in [4.69, 9.17) is 17.3 Å². The van der Waals surface area contributed by atoms with Gasteiger partial charge in [0, 0.05) is 5.56 Å². The van der Waals surface area contributed by atoms with Crippen LogP contribution in [-0.2, 0) is 0 Å². The predicted molar refractivity (Wildman–Crippen MR) is 66.0 cm³/mol. The lowest BCUT2D eigenvalue weighted by Crippen LogP contribution is -1.96. The third-order valence-corrected chi connectivity index (χ3v) is 2.96. The maximum Gasteiger partial charge on any atom is 0.126 e. The summed E-state index contributed by atoms with van der Waals surface area (Å²) in [5, 5.41) is 0.128. The number of hydrogen-bond donors (Lipinski definition) is 1. The molecule has 0 aliphatic rings. The average molecular weight is 254 g/mol. The van der Waals surface area contributed by atoms with Crippen molar-refractivity contribution >= 4 is 17.3 Å². The maximum atomic E-state index is 13.4. The summed E-state index contributed by atoms with van der Waals surface area (Å²) < 4.78 is 26.7. The lowest BCUT2D eigenvalue weighted by Gasteiger charge is -2.11. The van der Waals surface area contributed by atoms with Crippen molar-refractivity contribution in [2.24, 2.45) is 0 Å². The van der Waals surface area contributed by atoms with E-state index in [1.165, 1.54) is 12.1 Å². The van der Waals surface area contributed by atoms with E-state index >= 15 is 0 Å². The highest BCUT2D eigenvalue weighted by Gasteiger charge is 2.12. The van der Waals surface area contributed by atoms with Crippen LogP contribution in [0.4, 0.5) is 14.5 Å². The second kappa shape index (κ2) is 4.34. The Morgan fingerprint density at radius 3 is 2.53 bits per heavy atom. The molecule has 17 heavy (non-hydrogen) atoms. The van der Waals surface area contributed by atoms with Crippen LogP contribution in [0, 0.1) is 18.6 Å². The Balaban J connectivity index is 2.73. The van der Waals surface area contributed by atoms with Crippen LogP contribution in [-0.4, -0.2) is 0 Å². The molecule has 0 unspecified atom stereocenters.